The van der Waals surface area contributed by atoms with E-state index in [9.17, 15) is 4.79 Å². The molecule has 1 aromatic heterocycles. The molecule has 1 aliphatic rings. The lowest BCUT2D eigenvalue weighted by molar-refractivity contribution is -0.133. The molecule has 0 radical (unpaired) electrons. The highest BCUT2D eigenvalue weighted by molar-refractivity contribution is 7.09. The van der Waals surface area contributed by atoms with E-state index in [1.54, 1.807) is 6.20 Å². The highest BCUT2D eigenvalue weighted by atomic mass is 32.1. The maximum absolute atomic E-state index is 12.1. The first kappa shape index (κ1) is 12.1. The molecule has 17 heavy (non-hydrogen) atoms. The van der Waals surface area contributed by atoms with Crippen LogP contribution in [0.25, 0.3) is 0 Å². The highest BCUT2D eigenvalue weighted by Gasteiger charge is 2.46. The molecular weight excluding hydrogens is 234 g/mol. The molecule has 1 N–H and O–H groups in total. The Balaban J connectivity index is 2.11. The van der Waals surface area contributed by atoms with Crippen molar-refractivity contribution in [3.8, 4) is 6.07 Å². The number of thiazole rings is 1. The summed E-state index contributed by atoms with van der Waals surface area (Å²) in [4.78, 5) is 16.3. The fraction of sp³-hybridized carbons (Fsp3) is 0.583. The molecule has 1 heterocycles. The summed E-state index contributed by atoms with van der Waals surface area (Å²) in [7, 11) is 0. The average molecular weight is 249 g/mol. The zero-order chi connectivity index (χ0) is 12.5. The predicted octanol–water partition coefficient (Wildman–Crippen LogP) is 2.19. The van der Waals surface area contributed by atoms with Crippen molar-refractivity contribution in [2.24, 2.45) is 5.41 Å². The number of hydrogen-bond donors (Lipinski definition) is 1. The quantitative estimate of drug-likeness (QED) is 0.893. The number of hydrogen-bond acceptors (Lipinski definition) is 4. The van der Waals surface area contributed by atoms with E-state index in [1.165, 1.54) is 11.3 Å². The van der Waals surface area contributed by atoms with Crippen molar-refractivity contribution >= 4 is 17.2 Å². The van der Waals surface area contributed by atoms with E-state index in [-0.39, 0.29) is 5.91 Å². The summed E-state index contributed by atoms with van der Waals surface area (Å²) >= 11 is 1.51. The molecule has 1 fully saturated rings. The molecule has 0 unspecified atom stereocenters. The van der Waals surface area contributed by atoms with Gasteiger partial charge in [-0.05, 0) is 33.1 Å². The second-order valence-electron chi connectivity index (χ2n) is 4.96. The molecule has 0 aliphatic heterocycles. The number of nitriles is 1. The van der Waals surface area contributed by atoms with Gasteiger partial charge in [0.05, 0.1) is 11.6 Å². The zero-order valence-electron chi connectivity index (χ0n) is 9.99. The number of rotatable bonds is 3. The summed E-state index contributed by atoms with van der Waals surface area (Å²) in [6.45, 7) is 3.82. The summed E-state index contributed by atoms with van der Waals surface area (Å²) in [5.74, 6) is -0.161. The SMILES string of the molecule is CC(C)(NC(=O)C1(C#N)CCC1)c1nccs1. The first-order valence-electron chi connectivity index (χ1n) is 5.64. The lowest BCUT2D eigenvalue weighted by atomic mass is 9.69. The van der Waals surface area contributed by atoms with Crippen LogP contribution in [0.1, 0.15) is 38.1 Å². The molecule has 2 rings (SSSR count). The summed E-state index contributed by atoms with van der Waals surface area (Å²) in [5.41, 5.74) is -1.31. The summed E-state index contributed by atoms with van der Waals surface area (Å²) in [6, 6.07) is 2.15. The summed E-state index contributed by atoms with van der Waals surface area (Å²) in [5, 5.41) is 14.8. The molecule has 4 nitrogen and oxygen atoms in total. The van der Waals surface area contributed by atoms with Crippen LogP contribution in [0.2, 0.25) is 0 Å². The van der Waals surface area contributed by atoms with Crippen LogP contribution in [0.15, 0.2) is 11.6 Å². The molecule has 0 saturated heterocycles. The Morgan fingerprint density at radius 3 is 2.76 bits per heavy atom. The third kappa shape index (κ3) is 2.05. The number of carbonyl (C=O) groups is 1. The average Bonchev–Trinajstić information content (AvgIpc) is 2.68. The van der Waals surface area contributed by atoms with E-state index < -0.39 is 11.0 Å². The van der Waals surface area contributed by atoms with Gasteiger partial charge in [0.25, 0.3) is 0 Å². The predicted molar refractivity (Wildman–Crippen MR) is 65.2 cm³/mol. The molecule has 1 aliphatic carbocycles. The van der Waals surface area contributed by atoms with E-state index in [4.69, 9.17) is 5.26 Å². The van der Waals surface area contributed by atoms with Gasteiger partial charge in [0, 0.05) is 11.6 Å². The number of nitrogens with zero attached hydrogens (tertiary/aromatic N) is 2. The molecule has 1 aromatic rings. The largest absolute Gasteiger partial charge is 0.343 e. The minimum Gasteiger partial charge on any atom is -0.343 e. The van der Waals surface area contributed by atoms with Crippen molar-refractivity contribution in [3.63, 3.8) is 0 Å². The van der Waals surface area contributed by atoms with Crippen LogP contribution < -0.4 is 5.32 Å². The normalized spacial score (nSPS) is 17.9. The first-order valence-corrected chi connectivity index (χ1v) is 6.52. The molecule has 90 valence electrons. The van der Waals surface area contributed by atoms with Gasteiger partial charge in [-0.2, -0.15) is 5.26 Å². The third-order valence-corrected chi connectivity index (χ3v) is 4.35. The van der Waals surface area contributed by atoms with E-state index in [0.29, 0.717) is 12.8 Å². The van der Waals surface area contributed by atoms with Gasteiger partial charge in [-0.15, -0.1) is 11.3 Å². The van der Waals surface area contributed by atoms with Gasteiger partial charge in [-0.3, -0.25) is 4.79 Å². The molecule has 5 heteroatoms. The maximum Gasteiger partial charge on any atom is 0.241 e. The van der Waals surface area contributed by atoms with Crippen molar-refractivity contribution in [1.82, 2.24) is 10.3 Å². The monoisotopic (exact) mass is 249 g/mol. The summed E-state index contributed by atoms with van der Waals surface area (Å²) < 4.78 is 0. The molecular formula is C12H15N3OS. The van der Waals surface area contributed by atoms with Gasteiger partial charge < -0.3 is 5.32 Å². The second-order valence-corrected chi connectivity index (χ2v) is 5.86. The molecule has 1 saturated carbocycles. The number of aromatic nitrogens is 1. The standard InChI is InChI=1S/C12H15N3OS/c1-11(2,10-14-6-7-17-10)15-9(16)12(8-13)4-3-5-12/h6-7H,3-5H2,1-2H3,(H,15,16). The van der Waals surface area contributed by atoms with Gasteiger partial charge in [-0.1, -0.05) is 0 Å². The van der Waals surface area contributed by atoms with Gasteiger partial charge in [0.15, 0.2) is 0 Å². The Morgan fingerprint density at radius 1 is 1.65 bits per heavy atom. The van der Waals surface area contributed by atoms with E-state index in [0.717, 1.165) is 11.4 Å². The van der Waals surface area contributed by atoms with Crippen molar-refractivity contribution in [2.45, 2.75) is 38.6 Å². The van der Waals surface area contributed by atoms with Gasteiger partial charge in [0.1, 0.15) is 10.4 Å². The number of amides is 1. The number of carbonyl (C=O) groups excluding carboxylic acids is 1. The topological polar surface area (TPSA) is 65.8 Å². The summed E-state index contributed by atoms with van der Waals surface area (Å²) in [6.07, 6.45) is 4.02. The van der Waals surface area contributed by atoms with Crippen molar-refractivity contribution in [3.05, 3.63) is 16.6 Å². The Hall–Kier alpha value is -1.41. The number of nitrogens with one attached hydrogen (secondary N) is 1. The fourth-order valence-corrected chi connectivity index (χ4v) is 2.63. The molecule has 0 atom stereocenters. The van der Waals surface area contributed by atoms with Crippen LogP contribution in [0.3, 0.4) is 0 Å². The maximum atomic E-state index is 12.1. The lowest BCUT2D eigenvalue weighted by Crippen LogP contribution is -2.51. The van der Waals surface area contributed by atoms with Crippen molar-refractivity contribution in [1.29, 1.82) is 5.26 Å². The molecule has 0 spiro atoms. The molecule has 1 amide bonds. The molecule has 0 bridgehead atoms. The van der Waals surface area contributed by atoms with Gasteiger partial charge >= 0.3 is 0 Å². The minimum atomic E-state index is -0.797. The van der Waals surface area contributed by atoms with Crippen LogP contribution in [0, 0.1) is 16.7 Å². The minimum absolute atomic E-state index is 0.161. The zero-order valence-corrected chi connectivity index (χ0v) is 10.8. The fourth-order valence-electron chi connectivity index (χ4n) is 1.91. The van der Waals surface area contributed by atoms with E-state index in [2.05, 4.69) is 16.4 Å². The first-order chi connectivity index (χ1) is 8.00. The highest BCUT2D eigenvalue weighted by Crippen LogP contribution is 2.41. The smallest absolute Gasteiger partial charge is 0.241 e. The van der Waals surface area contributed by atoms with Crippen molar-refractivity contribution < 1.29 is 4.79 Å². The Kier molecular flexibility index (Phi) is 2.92. The van der Waals surface area contributed by atoms with Crippen LogP contribution in [0.4, 0.5) is 0 Å². The Labute approximate surface area is 105 Å². The Bertz CT molecular complexity index is 455. The van der Waals surface area contributed by atoms with Gasteiger partial charge in [-0.25, -0.2) is 4.98 Å². The van der Waals surface area contributed by atoms with Crippen LogP contribution in [-0.4, -0.2) is 10.9 Å². The molecule has 0 aromatic carbocycles. The lowest BCUT2D eigenvalue weighted by Gasteiger charge is -2.36. The van der Waals surface area contributed by atoms with Crippen LogP contribution in [0.5, 0.6) is 0 Å². The van der Waals surface area contributed by atoms with Gasteiger partial charge in [0.2, 0.25) is 5.91 Å². The second kappa shape index (κ2) is 4.11. The van der Waals surface area contributed by atoms with E-state index >= 15 is 0 Å². The Morgan fingerprint density at radius 2 is 2.35 bits per heavy atom. The van der Waals surface area contributed by atoms with Crippen LogP contribution >= 0.6 is 11.3 Å². The van der Waals surface area contributed by atoms with Crippen molar-refractivity contribution in [2.75, 3.05) is 0 Å². The van der Waals surface area contributed by atoms with E-state index in [1.807, 2.05) is 19.2 Å². The third-order valence-electron chi connectivity index (χ3n) is 3.25. The van der Waals surface area contributed by atoms with Crippen LogP contribution in [-0.2, 0) is 10.3 Å².